The SMILES string of the molecule is CC[C@@H](N)c1cncn1CCCC(=O)NC1CC1. The first-order valence-electron chi connectivity index (χ1n) is 6.75. The fourth-order valence-electron chi connectivity index (χ4n) is 1.97. The second-order valence-electron chi connectivity index (χ2n) is 4.97. The normalized spacial score (nSPS) is 16.6. The van der Waals surface area contributed by atoms with Crippen LogP contribution in [0.4, 0.5) is 0 Å². The molecule has 2 rings (SSSR count). The minimum atomic E-state index is 0.0350. The quantitative estimate of drug-likeness (QED) is 0.767. The van der Waals surface area contributed by atoms with E-state index in [1.165, 1.54) is 0 Å². The van der Waals surface area contributed by atoms with Crippen molar-refractivity contribution in [3.05, 3.63) is 18.2 Å². The summed E-state index contributed by atoms with van der Waals surface area (Å²) in [5.74, 6) is 0.166. The number of rotatable bonds is 7. The molecule has 1 amide bonds. The molecule has 0 saturated heterocycles. The number of carbonyl (C=O) groups excluding carboxylic acids is 1. The van der Waals surface area contributed by atoms with Gasteiger partial charge in [0.2, 0.25) is 5.91 Å². The van der Waals surface area contributed by atoms with Gasteiger partial charge in [-0.15, -0.1) is 0 Å². The van der Waals surface area contributed by atoms with Crippen LogP contribution in [0.1, 0.15) is 50.8 Å². The lowest BCUT2D eigenvalue weighted by molar-refractivity contribution is -0.121. The van der Waals surface area contributed by atoms with Crippen LogP contribution in [0, 0.1) is 0 Å². The molecule has 1 aliphatic rings. The molecule has 5 heteroatoms. The van der Waals surface area contributed by atoms with Gasteiger partial charge in [-0.2, -0.15) is 0 Å². The van der Waals surface area contributed by atoms with Crippen molar-refractivity contribution in [3.8, 4) is 0 Å². The van der Waals surface area contributed by atoms with Crippen molar-refractivity contribution in [1.29, 1.82) is 0 Å². The van der Waals surface area contributed by atoms with Gasteiger partial charge in [-0.3, -0.25) is 4.79 Å². The number of nitrogens with zero attached hydrogens (tertiary/aromatic N) is 2. The second kappa shape index (κ2) is 6.00. The molecule has 1 fully saturated rings. The molecule has 0 aromatic carbocycles. The summed E-state index contributed by atoms with van der Waals surface area (Å²) in [5, 5.41) is 2.99. The van der Waals surface area contributed by atoms with Crippen molar-refractivity contribution < 1.29 is 4.79 Å². The number of nitrogens with two attached hydrogens (primary N) is 1. The molecular weight excluding hydrogens is 228 g/mol. The van der Waals surface area contributed by atoms with Crippen molar-refractivity contribution in [3.63, 3.8) is 0 Å². The first-order valence-corrected chi connectivity index (χ1v) is 6.75. The van der Waals surface area contributed by atoms with Gasteiger partial charge in [-0.1, -0.05) is 6.92 Å². The Morgan fingerprint density at radius 1 is 1.67 bits per heavy atom. The molecule has 1 heterocycles. The molecule has 0 radical (unpaired) electrons. The number of aryl methyl sites for hydroxylation is 1. The summed E-state index contributed by atoms with van der Waals surface area (Å²) in [7, 11) is 0. The third kappa shape index (κ3) is 3.57. The van der Waals surface area contributed by atoms with Gasteiger partial charge in [0.15, 0.2) is 0 Å². The van der Waals surface area contributed by atoms with E-state index in [1.807, 2.05) is 6.20 Å². The third-order valence-corrected chi connectivity index (χ3v) is 3.31. The predicted octanol–water partition coefficient (Wildman–Crippen LogP) is 1.35. The Bertz CT molecular complexity index is 397. The largest absolute Gasteiger partial charge is 0.353 e. The number of carbonyl (C=O) groups is 1. The Labute approximate surface area is 108 Å². The first-order chi connectivity index (χ1) is 8.70. The highest BCUT2D eigenvalue weighted by Gasteiger charge is 2.22. The highest BCUT2D eigenvalue weighted by molar-refractivity contribution is 5.76. The zero-order valence-corrected chi connectivity index (χ0v) is 10.9. The standard InChI is InChI=1S/C13H22N4O/c1-2-11(14)12-8-15-9-17(12)7-3-4-13(18)16-10-5-6-10/h8-11H,2-7,14H2,1H3,(H,16,18)/t11-/m1/s1. The van der Waals surface area contributed by atoms with Gasteiger partial charge in [0, 0.05) is 31.2 Å². The molecule has 18 heavy (non-hydrogen) atoms. The average molecular weight is 250 g/mol. The van der Waals surface area contributed by atoms with Crippen LogP contribution in [-0.4, -0.2) is 21.5 Å². The van der Waals surface area contributed by atoms with E-state index >= 15 is 0 Å². The number of nitrogens with one attached hydrogen (secondary N) is 1. The summed E-state index contributed by atoms with van der Waals surface area (Å²) in [6.07, 6.45) is 8.20. The van der Waals surface area contributed by atoms with Crippen LogP contribution in [0.2, 0.25) is 0 Å². The Morgan fingerprint density at radius 2 is 2.44 bits per heavy atom. The van der Waals surface area contributed by atoms with Gasteiger partial charge >= 0.3 is 0 Å². The monoisotopic (exact) mass is 250 g/mol. The highest BCUT2D eigenvalue weighted by Crippen LogP contribution is 2.19. The highest BCUT2D eigenvalue weighted by atomic mass is 16.1. The van der Waals surface area contributed by atoms with Crippen LogP contribution >= 0.6 is 0 Å². The Balaban J connectivity index is 1.75. The molecule has 1 aliphatic carbocycles. The van der Waals surface area contributed by atoms with Crippen molar-refractivity contribution in [2.24, 2.45) is 5.73 Å². The van der Waals surface area contributed by atoms with Crippen molar-refractivity contribution in [2.45, 2.75) is 57.7 Å². The predicted molar refractivity (Wildman–Crippen MR) is 69.8 cm³/mol. The number of aromatic nitrogens is 2. The molecule has 0 unspecified atom stereocenters. The number of hydrogen-bond donors (Lipinski definition) is 2. The topological polar surface area (TPSA) is 72.9 Å². The summed E-state index contributed by atoms with van der Waals surface area (Å²) < 4.78 is 2.05. The van der Waals surface area contributed by atoms with Gasteiger partial charge in [0.25, 0.3) is 0 Å². The Morgan fingerprint density at radius 3 is 3.11 bits per heavy atom. The zero-order valence-electron chi connectivity index (χ0n) is 10.9. The molecule has 1 aromatic heterocycles. The molecule has 100 valence electrons. The van der Waals surface area contributed by atoms with Crippen LogP contribution in [-0.2, 0) is 11.3 Å². The second-order valence-corrected chi connectivity index (χ2v) is 4.97. The Kier molecular flexibility index (Phi) is 4.36. The van der Waals surface area contributed by atoms with E-state index in [0.717, 1.165) is 37.9 Å². The lowest BCUT2D eigenvalue weighted by Gasteiger charge is -2.12. The van der Waals surface area contributed by atoms with Crippen molar-refractivity contribution >= 4 is 5.91 Å². The molecule has 1 saturated carbocycles. The van der Waals surface area contributed by atoms with Gasteiger partial charge in [-0.05, 0) is 25.7 Å². The van der Waals surface area contributed by atoms with Crippen LogP contribution in [0.15, 0.2) is 12.5 Å². The zero-order chi connectivity index (χ0) is 13.0. The van der Waals surface area contributed by atoms with Crippen LogP contribution in [0.25, 0.3) is 0 Å². The van der Waals surface area contributed by atoms with E-state index < -0.39 is 0 Å². The maximum Gasteiger partial charge on any atom is 0.220 e. The lowest BCUT2D eigenvalue weighted by Crippen LogP contribution is -2.25. The average Bonchev–Trinajstić information content (AvgIpc) is 3.04. The smallest absolute Gasteiger partial charge is 0.220 e. The van der Waals surface area contributed by atoms with Gasteiger partial charge < -0.3 is 15.6 Å². The lowest BCUT2D eigenvalue weighted by atomic mass is 10.2. The summed E-state index contributed by atoms with van der Waals surface area (Å²) in [4.78, 5) is 15.7. The molecule has 0 spiro atoms. The maximum absolute atomic E-state index is 11.5. The minimum Gasteiger partial charge on any atom is -0.353 e. The van der Waals surface area contributed by atoms with Crippen LogP contribution in [0.3, 0.4) is 0 Å². The number of hydrogen-bond acceptors (Lipinski definition) is 3. The van der Waals surface area contributed by atoms with E-state index in [1.54, 1.807) is 6.33 Å². The minimum absolute atomic E-state index is 0.0350. The third-order valence-electron chi connectivity index (χ3n) is 3.31. The number of imidazole rings is 1. The van der Waals surface area contributed by atoms with Gasteiger partial charge in [-0.25, -0.2) is 4.98 Å². The molecule has 1 atom stereocenters. The van der Waals surface area contributed by atoms with Crippen LogP contribution in [0.5, 0.6) is 0 Å². The van der Waals surface area contributed by atoms with Gasteiger partial charge in [0.05, 0.1) is 12.0 Å². The van der Waals surface area contributed by atoms with E-state index in [2.05, 4.69) is 21.8 Å². The molecule has 0 bridgehead atoms. The fraction of sp³-hybridized carbons (Fsp3) is 0.692. The summed E-state index contributed by atoms with van der Waals surface area (Å²) in [5.41, 5.74) is 7.06. The van der Waals surface area contributed by atoms with E-state index in [4.69, 9.17) is 5.73 Å². The van der Waals surface area contributed by atoms with Crippen LogP contribution < -0.4 is 11.1 Å². The molecule has 1 aromatic rings. The molecule has 0 aliphatic heterocycles. The molecule has 3 N–H and O–H groups in total. The Hall–Kier alpha value is -1.36. The fourth-order valence-corrected chi connectivity index (χ4v) is 1.97. The first kappa shape index (κ1) is 13.1. The summed E-state index contributed by atoms with van der Waals surface area (Å²) >= 11 is 0. The summed E-state index contributed by atoms with van der Waals surface area (Å²) in [6.45, 7) is 2.87. The van der Waals surface area contributed by atoms with E-state index in [0.29, 0.717) is 12.5 Å². The van der Waals surface area contributed by atoms with Gasteiger partial charge in [0.1, 0.15) is 0 Å². The molecular formula is C13H22N4O. The maximum atomic E-state index is 11.5. The van der Waals surface area contributed by atoms with Crippen molar-refractivity contribution in [1.82, 2.24) is 14.9 Å². The van der Waals surface area contributed by atoms with Crippen molar-refractivity contribution in [2.75, 3.05) is 0 Å². The van der Waals surface area contributed by atoms with E-state index in [9.17, 15) is 4.79 Å². The molecule has 5 nitrogen and oxygen atoms in total. The number of amides is 1. The van der Waals surface area contributed by atoms with E-state index in [-0.39, 0.29) is 11.9 Å². The summed E-state index contributed by atoms with van der Waals surface area (Å²) in [6, 6.07) is 0.489.